The van der Waals surface area contributed by atoms with Crippen molar-refractivity contribution in [3.63, 3.8) is 0 Å². The van der Waals surface area contributed by atoms with Gasteiger partial charge in [0, 0.05) is 11.1 Å². The van der Waals surface area contributed by atoms with Crippen molar-refractivity contribution >= 4 is 34.7 Å². The summed E-state index contributed by atoms with van der Waals surface area (Å²) >= 11 is 1.27. The SMILES string of the molecule is N#C[C@@H](C(=O)c1cscn1)c1nc(N)nc(Nc2ccccc2)n1. The summed E-state index contributed by atoms with van der Waals surface area (Å²) in [5, 5.41) is 13.9. The Kier molecular flexibility index (Phi) is 4.40. The van der Waals surface area contributed by atoms with Crippen LogP contribution in [0.15, 0.2) is 41.2 Å². The molecule has 0 unspecified atom stereocenters. The molecule has 0 radical (unpaired) electrons. The summed E-state index contributed by atoms with van der Waals surface area (Å²) in [6.07, 6.45) is 0. The molecule has 2 heterocycles. The van der Waals surface area contributed by atoms with Crippen molar-refractivity contribution in [1.29, 1.82) is 5.26 Å². The van der Waals surface area contributed by atoms with Crippen LogP contribution in [-0.2, 0) is 0 Å². The van der Waals surface area contributed by atoms with Crippen LogP contribution >= 0.6 is 11.3 Å². The first-order valence-corrected chi connectivity index (χ1v) is 7.77. The van der Waals surface area contributed by atoms with Gasteiger partial charge in [-0.15, -0.1) is 11.3 Å². The van der Waals surface area contributed by atoms with Gasteiger partial charge in [-0.1, -0.05) is 18.2 Å². The molecule has 0 spiro atoms. The number of para-hydroxylation sites is 1. The molecular formula is C15H11N7OS. The molecule has 0 aliphatic carbocycles. The summed E-state index contributed by atoms with van der Waals surface area (Å²) < 4.78 is 0. The lowest BCUT2D eigenvalue weighted by atomic mass is 10.0. The highest BCUT2D eigenvalue weighted by atomic mass is 32.1. The highest BCUT2D eigenvalue weighted by Crippen LogP contribution is 2.20. The van der Waals surface area contributed by atoms with Crippen molar-refractivity contribution in [2.24, 2.45) is 0 Å². The molecule has 0 fully saturated rings. The third kappa shape index (κ3) is 3.34. The minimum Gasteiger partial charge on any atom is -0.368 e. The molecule has 8 nitrogen and oxygen atoms in total. The normalized spacial score (nSPS) is 11.5. The van der Waals surface area contributed by atoms with Crippen LogP contribution < -0.4 is 11.1 Å². The molecule has 0 saturated heterocycles. The molecule has 24 heavy (non-hydrogen) atoms. The van der Waals surface area contributed by atoms with Gasteiger partial charge >= 0.3 is 0 Å². The Balaban J connectivity index is 1.92. The van der Waals surface area contributed by atoms with Gasteiger partial charge in [0.25, 0.3) is 0 Å². The van der Waals surface area contributed by atoms with Gasteiger partial charge in [0.1, 0.15) is 5.69 Å². The maximum atomic E-state index is 12.4. The zero-order chi connectivity index (χ0) is 16.9. The quantitative estimate of drug-likeness (QED) is 0.677. The van der Waals surface area contributed by atoms with E-state index in [-0.39, 0.29) is 23.4 Å². The number of hydrogen-bond donors (Lipinski definition) is 2. The smallest absolute Gasteiger partial charge is 0.232 e. The molecule has 0 aliphatic rings. The summed E-state index contributed by atoms with van der Waals surface area (Å²) in [6.45, 7) is 0. The summed E-state index contributed by atoms with van der Waals surface area (Å²) in [4.78, 5) is 28.4. The van der Waals surface area contributed by atoms with E-state index >= 15 is 0 Å². The number of hydrogen-bond acceptors (Lipinski definition) is 9. The van der Waals surface area contributed by atoms with Crippen molar-refractivity contribution in [3.8, 4) is 6.07 Å². The van der Waals surface area contributed by atoms with E-state index in [2.05, 4.69) is 25.3 Å². The number of carbonyl (C=O) groups excluding carboxylic acids is 1. The van der Waals surface area contributed by atoms with E-state index < -0.39 is 11.7 Å². The fourth-order valence-corrected chi connectivity index (χ4v) is 2.50. The fourth-order valence-electron chi connectivity index (χ4n) is 1.96. The number of thiazole rings is 1. The summed E-state index contributed by atoms with van der Waals surface area (Å²) in [5.74, 6) is -1.61. The third-order valence-corrected chi connectivity index (χ3v) is 3.62. The van der Waals surface area contributed by atoms with E-state index in [0.29, 0.717) is 0 Å². The average molecular weight is 337 g/mol. The van der Waals surface area contributed by atoms with E-state index in [9.17, 15) is 10.1 Å². The van der Waals surface area contributed by atoms with E-state index in [1.807, 2.05) is 36.4 Å². The standard InChI is InChI=1S/C15H11N7OS/c16-6-10(12(23)11-7-24-8-18-11)13-20-14(17)22-15(21-13)19-9-4-2-1-3-5-9/h1-5,7-8,10H,(H3,17,19,20,21,22)/t10-/m0/s1. The number of aromatic nitrogens is 4. The van der Waals surface area contributed by atoms with E-state index in [1.165, 1.54) is 16.8 Å². The van der Waals surface area contributed by atoms with E-state index in [1.54, 1.807) is 5.38 Å². The summed E-state index contributed by atoms with van der Waals surface area (Å²) in [7, 11) is 0. The monoisotopic (exact) mass is 337 g/mol. The zero-order valence-corrected chi connectivity index (χ0v) is 13.1. The van der Waals surface area contributed by atoms with Crippen LogP contribution in [0.25, 0.3) is 0 Å². The van der Waals surface area contributed by atoms with Gasteiger partial charge in [0.15, 0.2) is 11.7 Å². The number of rotatable bonds is 5. The molecule has 118 valence electrons. The molecule has 0 aliphatic heterocycles. The zero-order valence-electron chi connectivity index (χ0n) is 12.2. The van der Waals surface area contributed by atoms with Gasteiger partial charge < -0.3 is 11.1 Å². The molecule has 1 atom stereocenters. The molecule has 3 N–H and O–H groups in total. The Morgan fingerprint density at radius 3 is 2.71 bits per heavy atom. The molecule has 3 rings (SSSR count). The Bertz CT molecular complexity index is 890. The lowest BCUT2D eigenvalue weighted by molar-refractivity contribution is 0.0972. The van der Waals surface area contributed by atoms with Crippen molar-refractivity contribution < 1.29 is 4.79 Å². The Labute approximate surface area is 141 Å². The average Bonchev–Trinajstić information content (AvgIpc) is 3.10. The van der Waals surface area contributed by atoms with E-state index in [4.69, 9.17) is 5.73 Å². The number of benzene rings is 1. The highest BCUT2D eigenvalue weighted by Gasteiger charge is 2.27. The van der Waals surface area contributed by atoms with Crippen molar-refractivity contribution in [2.75, 3.05) is 11.1 Å². The second kappa shape index (κ2) is 6.80. The molecule has 2 aromatic heterocycles. The molecule has 9 heteroatoms. The van der Waals surface area contributed by atoms with Gasteiger partial charge in [0.05, 0.1) is 11.6 Å². The fraction of sp³-hybridized carbons (Fsp3) is 0.0667. The first-order chi connectivity index (χ1) is 11.7. The molecule has 3 aromatic rings. The highest BCUT2D eigenvalue weighted by molar-refractivity contribution is 7.07. The van der Waals surface area contributed by atoms with Gasteiger partial charge in [-0.25, -0.2) is 4.98 Å². The van der Waals surface area contributed by atoms with Gasteiger partial charge in [-0.2, -0.15) is 20.2 Å². The van der Waals surface area contributed by atoms with Crippen LogP contribution in [-0.4, -0.2) is 25.7 Å². The minimum absolute atomic E-state index is 0.0126. The second-order valence-corrected chi connectivity index (χ2v) is 5.39. The topological polar surface area (TPSA) is 130 Å². The number of anilines is 3. The first-order valence-electron chi connectivity index (χ1n) is 6.83. The number of carbonyl (C=O) groups is 1. The largest absolute Gasteiger partial charge is 0.368 e. The molecular weight excluding hydrogens is 326 g/mol. The minimum atomic E-state index is -1.20. The molecule has 1 aromatic carbocycles. The predicted octanol–water partition coefficient (Wildman–Crippen LogP) is 2.14. The van der Waals surface area contributed by atoms with Gasteiger partial charge in [-0.3, -0.25) is 4.79 Å². The van der Waals surface area contributed by atoms with Gasteiger partial charge in [0.2, 0.25) is 17.7 Å². The van der Waals surface area contributed by atoms with Crippen LogP contribution in [0.2, 0.25) is 0 Å². The van der Waals surface area contributed by atoms with Crippen molar-refractivity contribution in [2.45, 2.75) is 5.92 Å². The maximum Gasteiger partial charge on any atom is 0.232 e. The number of nitrogens with one attached hydrogen (secondary N) is 1. The number of ketones is 1. The molecule has 0 bridgehead atoms. The lowest BCUT2D eigenvalue weighted by Crippen LogP contribution is -2.17. The number of nitrogens with two attached hydrogens (primary N) is 1. The summed E-state index contributed by atoms with van der Waals surface area (Å²) in [5.41, 5.74) is 8.15. The number of nitrogens with zero attached hydrogens (tertiary/aromatic N) is 5. The predicted molar refractivity (Wildman–Crippen MR) is 88.8 cm³/mol. The maximum absolute atomic E-state index is 12.4. The Hall–Kier alpha value is -3.38. The van der Waals surface area contributed by atoms with Crippen LogP contribution in [0.4, 0.5) is 17.6 Å². The van der Waals surface area contributed by atoms with Crippen LogP contribution in [0.5, 0.6) is 0 Å². The van der Waals surface area contributed by atoms with Gasteiger partial charge in [-0.05, 0) is 12.1 Å². The molecule has 0 amide bonds. The van der Waals surface area contributed by atoms with Crippen LogP contribution in [0.3, 0.4) is 0 Å². The van der Waals surface area contributed by atoms with Crippen LogP contribution in [0, 0.1) is 11.3 Å². The first kappa shape index (κ1) is 15.5. The second-order valence-electron chi connectivity index (χ2n) is 4.67. The lowest BCUT2D eigenvalue weighted by Gasteiger charge is -2.09. The summed E-state index contributed by atoms with van der Waals surface area (Å²) in [6, 6.07) is 11.1. The Morgan fingerprint density at radius 1 is 1.25 bits per heavy atom. The number of Topliss-reactive ketones (excluding diaryl/α,β-unsaturated/α-hetero) is 1. The van der Waals surface area contributed by atoms with Crippen molar-refractivity contribution in [3.05, 3.63) is 52.7 Å². The van der Waals surface area contributed by atoms with E-state index in [0.717, 1.165) is 5.69 Å². The van der Waals surface area contributed by atoms with Crippen LogP contribution in [0.1, 0.15) is 22.2 Å². The third-order valence-electron chi connectivity index (χ3n) is 3.03. The number of nitrogen functional groups attached to an aromatic ring is 1. The van der Waals surface area contributed by atoms with Crippen molar-refractivity contribution in [1.82, 2.24) is 19.9 Å². The number of nitriles is 1. The Morgan fingerprint density at radius 2 is 2.04 bits per heavy atom. The molecule has 0 saturated carbocycles.